The number of carbonyl (C=O) groups excluding carboxylic acids is 1. The zero-order valence-corrected chi connectivity index (χ0v) is 34.6. The van der Waals surface area contributed by atoms with Crippen LogP contribution in [0, 0.1) is 50.6 Å². The maximum Gasteiger partial charge on any atom is 0.282 e. The SMILES string of the molecule is CC1(C)CC[C@]2(C(=O)NCCCN3CCOCC3)CC[C@]3(C)C(=CC[C@@H]4[C@@]5(C)Cc6cn(S(=O)(=O)c7ccc(F)cc7)nc6C(C)(C)[C@@H]5CC[C@]43C)[C@@H]2C1. The van der Waals surface area contributed by atoms with E-state index in [0.717, 1.165) is 119 Å². The monoisotopic (exact) mass is 762 g/mol. The van der Waals surface area contributed by atoms with Crippen LogP contribution in [0.15, 0.2) is 47.0 Å². The molecule has 5 aliphatic carbocycles. The van der Waals surface area contributed by atoms with Crippen LogP contribution in [0.1, 0.15) is 118 Å². The molecule has 296 valence electrons. The Labute approximate surface area is 323 Å². The van der Waals surface area contributed by atoms with Crippen molar-refractivity contribution in [1.29, 1.82) is 0 Å². The fraction of sp³-hybridized carbons (Fsp3) is 0.727. The molecule has 0 bridgehead atoms. The van der Waals surface area contributed by atoms with E-state index in [9.17, 15) is 17.6 Å². The standard InChI is InChI=1S/C44H63FN4O4S/c1-39(2)17-19-44(38(50)46-21-8-22-48-23-25-53-26-24-48)20-18-42(6)33(34(44)28-39)13-14-36-41(5)27-30-29-49(54(51,52)32-11-9-31(45)10-12-32)47-37(30)40(3,4)35(41)15-16-43(36,42)7/h9-13,29,34-36H,8,14-28H2,1-7H3,(H,46,50)/t34-,35-,36+,41-,42+,43+,44-/m0/s1. The highest BCUT2D eigenvalue weighted by atomic mass is 32.2. The third-order valence-electron chi connectivity index (χ3n) is 16.6. The molecule has 7 atom stereocenters. The van der Waals surface area contributed by atoms with Crippen LogP contribution in [0.25, 0.3) is 0 Å². The number of nitrogens with one attached hydrogen (secondary N) is 1. The number of rotatable bonds is 7. The number of hydrogen-bond donors (Lipinski definition) is 1. The van der Waals surface area contributed by atoms with Crippen LogP contribution in [0.4, 0.5) is 4.39 Å². The van der Waals surface area contributed by atoms with Gasteiger partial charge in [-0.25, -0.2) is 4.39 Å². The van der Waals surface area contributed by atoms with Crippen LogP contribution < -0.4 is 5.32 Å². The lowest BCUT2D eigenvalue weighted by Gasteiger charge is -2.70. The second kappa shape index (κ2) is 13.0. The predicted octanol–water partition coefficient (Wildman–Crippen LogP) is 7.91. The van der Waals surface area contributed by atoms with E-state index in [1.807, 2.05) is 0 Å². The molecule has 2 heterocycles. The minimum absolute atomic E-state index is 0.0252. The molecular formula is C44H63FN4O4S. The van der Waals surface area contributed by atoms with Crippen LogP contribution >= 0.6 is 0 Å². The van der Waals surface area contributed by atoms with Gasteiger partial charge in [-0.15, -0.1) is 0 Å². The van der Waals surface area contributed by atoms with E-state index >= 15 is 0 Å². The van der Waals surface area contributed by atoms with Crippen molar-refractivity contribution in [2.24, 2.45) is 44.8 Å². The summed E-state index contributed by atoms with van der Waals surface area (Å²) in [7, 11) is -3.97. The first-order valence-corrected chi connectivity index (χ1v) is 22.2. The van der Waals surface area contributed by atoms with E-state index in [4.69, 9.17) is 9.84 Å². The second-order valence-corrected chi connectivity index (χ2v) is 22.0. The number of hydrogen-bond acceptors (Lipinski definition) is 6. The maximum absolute atomic E-state index is 14.5. The van der Waals surface area contributed by atoms with Crippen LogP contribution in [0.3, 0.4) is 0 Å². The molecule has 8 rings (SSSR count). The molecule has 1 aliphatic heterocycles. The number of amides is 1. The zero-order valence-electron chi connectivity index (χ0n) is 33.8. The Bertz CT molecular complexity index is 1930. The van der Waals surface area contributed by atoms with Gasteiger partial charge in [-0.3, -0.25) is 9.69 Å². The molecule has 6 aliphatic rings. The van der Waals surface area contributed by atoms with Gasteiger partial charge in [0.25, 0.3) is 10.0 Å². The number of halogens is 1. The molecule has 10 heteroatoms. The number of fused-ring (bicyclic) bond motifs is 8. The fourth-order valence-electron chi connectivity index (χ4n) is 13.4. The Morgan fingerprint density at radius 2 is 1.67 bits per heavy atom. The number of carbonyl (C=O) groups is 1. The van der Waals surface area contributed by atoms with Crippen molar-refractivity contribution in [3.63, 3.8) is 0 Å². The molecule has 0 unspecified atom stereocenters. The van der Waals surface area contributed by atoms with Crippen LogP contribution in [0.2, 0.25) is 0 Å². The van der Waals surface area contributed by atoms with Gasteiger partial charge >= 0.3 is 0 Å². The van der Waals surface area contributed by atoms with E-state index in [0.29, 0.717) is 11.8 Å². The van der Waals surface area contributed by atoms with Gasteiger partial charge in [-0.2, -0.15) is 17.6 Å². The normalized spacial score (nSPS) is 37.1. The number of aromatic nitrogens is 2. The molecule has 0 radical (unpaired) electrons. The van der Waals surface area contributed by atoms with E-state index < -0.39 is 15.8 Å². The lowest BCUT2D eigenvalue weighted by atomic mass is 9.33. The highest BCUT2D eigenvalue weighted by molar-refractivity contribution is 7.89. The first kappa shape index (κ1) is 38.3. The van der Waals surface area contributed by atoms with Crippen LogP contribution in [-0.2, 0) is 31.4 Å². The number of morpholine rings is 1. The van der Waals surface area contributed by atoms with E-state index in [-0.39, 0.29) is 49.2 Å². The van der Waals surface area contributed by atoms with Crippen molar-refractivity contribution in [1.82, 2.24) is 19.4 Å². The lowest BCUT2D eigenvalue weighted by molar-refractivity contribution is -0.167. The minimum Gasteiger partial charge on any atom is -0.379 e. The summed E-state index contributed by atoms with van der Waals surface area (Å²) in [6.45, 7) is 22.2. The quantitative estimate of drug-likeness (QED) is 0.228. The molecular weight excluding hydrogens is 700 g/mol. The summed E-state index contributed by atoms with van der Waals surface area (Å²) in [6.07, 6.45) is 14.3. The summed E-state index contributed by atoms with van der Waals surface area (Å²) < 4.78 is 47.9. The predicted molar refractivity (Wildman–Crippen MR) is 209 cm³/mol. The molecule has 54 heavy (non-hydrogen) atoms. The first-order valence-electron chi connectivity index (χ1n) is 20.8. The first-order chi connectivity index (χ1) is 25.4. The van der Waals surface area contributed by atoms with Crippen molar-refractivity contribution in [3.05, 3.63) is 59.2 Å². The molecule has 2 aromatic rings. The topological polar surface area (TPSA) is 93.5 Å². The Morgan fingerprint density at radius 3 is 2.39 bits per heavy atom. The van der Waals surface area contributed by atoms with Gasteiger partial charge in [0, 0.05) is 31.2 Å². The molecule has 3 saturated carbocycles. The molecule has 4 fully saturated rings. The maximum atomic E-state index is 14.5. The second-order valence-electron chi connectivity index (χ2n) is 20.2. The number of allylic oxidation sites excluding steroid dienone is 2. The van der Waals surface area contributed by atoms with Crippen molar-refractivity contribution in [3.8, 4) is 0 Å². The molecule has 8 nitrogen and oxygen atoms in total. The van der Waals surface area contributed by atoms with Gasteiger partial charge in [-0.05, 0) is 140 Å². The minimum atomic E-state index is -3.97. The van der Waals surface area contributed by atoms with E-state index in [1.165, 1.54) is 24.3 Å². The summed E-state index contributed by atoms with van der Waals surface area (Å²) in [5.74, 6) is 0.796. The molecule has 1 N–H and O–H groups in total. The summed E-state index contributed by atoms with van der Waals surface area (Å²) in [5, 5.41) is 8.29. The van der Waals surface area contributed by atoms with Crippen molar-refractivity contribution >= 4 is 15.9 Å². The van der Waals surface area contributed by atoms with Crippen molar-refractivity contribution < 1.29 is 22.3 Å². The van der Waals surface area contributed by atoms with Gasteiger partial charge in [-0.1, -0.05) is 60.1 Å². The number of nitrogens with zero attached hydrogens (tertiary/aromatic N) is 3. The zero-order chi connectivity index (χ0) is 38.5. The summed E-state index contributed by atoms with van der Waals surface area (Å²) in [5.41, 5.74) is 2.89. The third-order valence-corrected chi connectivity index (χ3v) is 18.1. The van der Waals surface area contributed by atoms with Crippen molar-refractivity contribution in [2.45, 2.75) is 123 Å². The summed E-state index contributed by atoms with van der Waals surface area (Å²) in [4.78, 5) is 17.0. The lowest BCUT2D eigenvalue weighted by Crippen LogP contribution is -2.65. The average molecular weight is 763 g/mol. The van der Waals surface area contributed by atoms with Gasteiger partial charge in [0.05, 0.1) is 29.2 Å². The molecule has 1 aromatic heterocycles. The van der Waals surface area contributed by atoms with Crippen LogP contribution in [-0.4, -0.2) is 67.8 Å². The van der Waals surface area contributed by atoms with Gasteiger partial charge in [0.15, 0.2) is 0 Å². The molecule has 0 spiro atoms. The Kier molecular flexibility index (Phi) is 9.21. The van der Waals surface area contributed by atoms with Crippen LogP contribution in [0.5, 0.6) is 0 Å². The Balaban J connectivity index is 1.09. The fourth-order valence-corrected chi connectivity index (χ4v) is 14.6. The summed E-state index contributed by atoms with van der Waals surface area (Å²) >= 11 is 0. The number of ether oxygens (including phenoxy) is 1. The third kappa shape index (κ3) is 5.72. The largest absolute Gasteiger partial charge is 0.379 e. The van der Waals surface area contributed by atoms with Crippen molar-refractivity contribution in [2.75, 3.05) is 39.4 Å². The summed E-state index contributed by atoms with van der Waals surface area (Å²) in [6, 6.07) is 5.01. The molecule has 1 amide bonds. The smallest absolute Gasteiger partial charge is 0.282 e. The molecule has 1 aromatic carbocycles. The van der Waals surface area contributed by atoms with E-state index in [1.54, 1.807) is 11.8 Å². The van der Waals surface area contributed by atoms with E-state index in [2.05, 4.69) is 64.8 Å². The average Bonchev–Trinajstić information content (AvgIpc) is 3.56. The Hall–Kier alpha value is -2.56. The van der Waals surface area contributed by atoms with Gasteiger partial charge in [0.2, 0.25) is 5.91 Å². The highest BCUT2D eigenvalue weighted by Gasteiger charge is 2.69. The Morgan fingerprint density at radius 1 is 0.963 bits per heavy atom. The molecule has 1 saturated heterocycles. The van der Waals surface area contributed by atoms with Gasteiger partial charge < -0.3 is 10.1 Å². The van der Waals surface area contributed by atoms with Gasteiger partial charge in [0.1, 0.15) is 5.82 Å². The number of benzene rings is 1. The highest BCUT2D eigenvalue weighted by Crippen LogP contribution is 2.75.